The number of ether oxygens (including phenoxy) is 1. The lowest BCUT2D eigenvalue weighted by atomic mass is 10.0. The van der Waals surface area contributed by atoms with Crippen LogP contribution in [0.3, 0.4) is 0 Å². The second kappa shape index (κ2) is 5.11. The second-order valence-electron chi connectivity index (χ2n) is 6.57. The number of halogens is 1. The third kappa shape index (κ3) is 2.37. The van der Waals surface area contributed by atoms with Crippen molar-refractivity contribution in [1.29, 1.82) is 0 Å². The Balaban J connectivity index is 1.57. The van der Waals surface area contributed by atoms with Crippen LogP contribution in [0, 0.1) is 0 Å². The maximum atomic E-state index is 11.7. The number of nitrogens with zero attached hydrogens (tertiary/aromatic N) is 4. The highest BCUT2D eigenvalue weighted by Crippen LogP contribution is 2.34. The van der Waals surface area contributed by atoms with E-state index in [0.29, 0.717) is 13.1 Å². The van der Waals surface area contributed by atoms with E-state index in [0.717, 1.165) is 41.1 Å². The number of aryl methyl sites for hydroxylation is 1. The summed E-state index contributed by atoms with van der Waals surface area (Å²) < 4.78 is 7.47. The molecule has 2 aromatic rings. The van der Waals surface area contributed by atoms with Gasteiger partial charge < -0.3 is 9.64 Å². The van der Waals surface area contributed by atoms with Crippen molar-refractivity contribution in [2.24, 2.45) is 7.05 Å². The number of hydrogen-bond acceptors (Lipinski definition) is 4. The SMILES string of the molecule is CN1CC2(CCN(Cc3nn(C)c4cccc(Cl)c34)C2)OC1=O. The molecule has 3 heterocycles. The molecule has 1 aromatic carbocycles. The molecular formula is C16H19ClN4O2. The minimum absolute atomic E-state index is 0.224. The standard InChI is InChI=1S/C16H19ClN4O2/c1-19-9-16(23-15(19)22)6-7-21(10-16)8-12-14-11(17)4-3-5-13(14)20(2)18-12/h3-5H,6-10H2,1-2H3. The van der Waals surface area contributed by atoms with Crippen molar-refractivity contribution < 1.29 is 9.53 Å². The van der Waals surface area contributed by atoms with Crippen LogP contribution >= 0.6 is 11.6 Å². The van der Waals surface area contributed by atoms with Crippen LogP contribution in [0.25, 0.3) is 10.9 Å². The summed E-state index contributed by atoms with van der Waals surface area (Å²) in [7, 11) is 3.72. The summed E-state index contributed by atoms with van der Waals surface area (Å²) >= 11 is 6.37. The molecule has 6 nitrogen and oxygen atoms in total. The summed E-state index contributed by atoms with van der Waals surface area (Å²) in [6, 6.07) is 5.86. The molecule has 1 amide bonds. The predicted octanol–water partition coefficient (Wildman–Crippen LogP) is 2.25. The molecule has 1 aromatic heterocycles. The molecule has 2 fully saturated rings. The topological polar surface area (TPSA) is 50.6 Å². The van der Waals surface area contributed by atoms with E-state index in [9.17, 15) is 4.79 Å². The lowest BCUT2D eigenvalue weighted by Gasteiger charge is -2.21. The minimum Gasteiger partial charge on any atom is -0.439 e. The first-order valence-electron chi connectivity index (χ1n) is 7.74. The highest BCUT2D eigenvalue weighted by Gasteiger charge is 2.48. The summed E-state index contributed by atoms with van der Waals surface area (Å²) in [5.41, 5.74) is 1.65. The molecule has 2 saturated heterocycles. The Kier molecular flexibility index (Phi) is 3.28. The number of fused-ring (bicyclic) bond motifs is 1. The molecule has 2 aliphatic rings. The number of aromatic nitrogens is 2. The largest absolute Gasteiger partial charge is 0.439 e. The zero-order valence-corrected chi connectivity index (χ0v) is 14.0. The van der Waals surface area contributed by atoms with Gasteiger partial charge in [-0.2, -0.15) is 5.10 Å². The summed E-state index contributed by atoms with van der Waals surface area (Å²) in [6.45, 7) is 3.01. The normalized spacial score (nSPS) is 25.0. The van der Waals surface area contributed by atoms with Crippen molar-refractivity contribution in [2.75, 3.05) is 26.7 Å². The van der Waals surface area contributed by atoms with E-state index in [2.05, 4.69) is 10.00 Å². The van der Waals surface area contributed by atoms with Gasteiger partial charge in [0, 0.05) is 45.5 Å². The van der Waals surface area contributed by atoms with Gasteiger partial charge in [-0.15, -0.1) is 0 Å². The van der Waals surface area contributed by atoms with Crippen LogP contribution < -0.4 is 0 Å². The Morgan fingerprint density at radius 3 is 2.91 bits per heavy atom. The summed E-state index contributed by atoms with van der Waals surface area (Å²) in [5.74, 6) is 0. The van der Waals surface area contributed by atoms with Crippen LogP contribution in [0.4, 0.5) is 4.79 Å². The molecule has 23 heavy (non-hydrogen) atoms. The van der Waals surface area contributed by atoms with Crippen molar-refractivity contribution in [3.05, 3.63) is 28.9 Å². The van der Waals surface area contributed by atoms with Gasteiger partial charge in [0.2, 0.25) is 0 Å². The van der Waals surface area contributed by atoms with Gasteiger partial charge in [-0.25, -0.2) is 4.79 Å². The van der Waals surface area contributed by atoms with Gasteiger partial charge >= 0.3 is 6.09 Å². The van der Waals surface area contributed by atoms with Gasteiger partial charge in [0.1, 0.15) is 5.60 Å². The van der Waals surface area contributed by atoms with Crippen LogP contribution in [0.2, 0.25) is 5.02 Å². The van der Waals surface area contributed by atoms with Gasteiger partial charge in [0.05, 0.1) is 22.8 Å². The fourth-order valence-corrected chi connectivity index (χ4v) is 4.02. The molecule has 1 unspecified atom stereocenters. The smallest absolute Gasteiger partial charge is 0.410 e. The quantitative estimate of drug-likeness (QED) is 0.845. The van der Waals surface area contributed by atoms with E-state index in [4.69, 9.17) is 16.3 Å². The van der Waals surface area contributed by atoms with Gasteiger partial charge in [-0.05, 0) is 12.1 Å². The van der Waals surface area contributed by atoms with E-state index in [1.54, 1.807) is 11.9 Å². The summed E-state index contributed by atoms with van der Waals surface area (Å²) in [4.78, 5) is 15.6. The first kappa shape index (κ1) is 14.8. The second-order valence-corrected chi connectivity index (χ2v) is 6.98. The molecule has 0 saturated carbocycles. The number of likely N-dealkylation sites (tertiary alicyclic amines) is 1. The molecular weight excluding hydrogens is 316 g/mol. The molecule has 1 spiro atoms. The molecule has 0 aliphatic carbocycles. The molecule has 0 radical (unpaired) electrons. The maximum absolute atomic E-state index is 11.7. The lowest BCUT2D eigenvalue weighted by molar-refractivity contribution is 0.0626. The van der Waals surface area contributed by atoms with Crippen LogP contribution in [0.1, 0.15) is 12.1 Å². The van der Waals surface area contributed by atoms with E-state index in [-0.39, 0.29) is 11.7 Å². The van der Waals surface area contributed by atoms with Crippen molar-refractivity contribution >= 4 is 28.6 Å². The van der Waals surface area contributed by atoms with Crippen molar-refractivity contribution in [3.63, 3.8) is 0 Å². The third-order valence-electron chi connectivity index (χ3n) is 4.81. The van der Waals surface area contributed by atoms with Crippen LogP contribution in [0.15, 0.2) is 18.2 Å². The lowest BCUT2D eigenvalue weighted by Crippen LogP contribution is -2.37. The van der Waals surface area contributed by atoms with Crippen molar-refractivity contribution in [3.8, 4) is 0 Å². The van der Waals surface area contributed by atoms with Crippen LogP contribution in [0.5, 0.6) is 0 Å². The van der Waals surface area contributed by atoms with Gasteiger partial charge in [0.15, 0.2) is 0 Å². The van der Waals surface area contributed by atoms with E-state index < -0.39 is 0 Å². The molecule has 2 aliphatic heterocycles. The number of likely N-dealkylation sites (N-methyl/N-ethyl adjacent to an activating group) is 1. The zero-order valence-electron chi connectivity index (χ0n) is 13.3. The van der Waals surface area contributed by atoms with Gasteiger partial charge in [-0.3, -0.25) is 9.58 Å². The monoisotopic (exact) mass is 334 g/mol. The van der Waals surface area contributed by atoms with Gasteiger partial charge in [-0.1, -0.05) is 17.7 Å². The maximum Gasteiger partial charge on any atom is 0.410 e. The number of amides is 1. The minimum atomic E-state index is -0.361. The summed E-state index contributed by atoms with van der Waals surface area (Å²) in [6.07, 6.45) is 0.639. The number of carbonyl (C=O) groups excluding carboxylic acids is 1. The average molecular weight is 335 g/mol. The Bertz CT molecular complexity index is 790. The Morgan fingerprint density at radius 1 is 1.35 bits per heavy atom. The van der Waals surface area contributed by atoms with Crippen LogP contribution in [-0.2, 0) is 18.3 Å². The Hall–Kier alpha value is -1.79. The number of benzene rings is 1. The number of rotatable bonds is 2. The highest BCUT2D eigenvalue weighted by atomic mass is 35.5. The fourth-order valence-electron chi connectivity index (χ4n) is 3.74. The van der Waals surface area contributed by atoms with E-state index in [1.807, 2.05) is 29.9 Å². The van der Waals surface area contributed by atoms with Crippen LogP contribution in [-0.4, -0.2) is 58.0 Å². The molecule has 0 N–H and O–H groups in total. The van der Waals surface area contributed by atoms with E-state index >= 15 is 0 Å². The van der Waals surface area contributed by atoms with E-state index in [1.165, 1.54) is 0 Å². The first-order chi connectivity index (χ1) is 11.0. The molecule has 1 atom stereocenters. The number of carbonyl (C=O) groups is 1. The highest BCUT2D eigenvalue weighted by molar-refractivity contribution is 6.35. The Morgan fingerprint density at radius 2 is 2.17 bits per heavy atom. The molecule has 4 rings (SSSR count). The average Bonchev–Trinajstić information content (AvgIpc) is 3.11. The third-order valence-corrected chi connectivity index (χ3v) is 5.12. The van der Waals surface area contributed by atoms with Gasteiger partial charge in [0.25, 0.3) is 0 Å². The van der Waals surface area contributed by atoms with Crippen molar-refractivity contribution in [1.82, 2.24) is 19.6 Å². The Labute approximate surface area is 139 Å². The molecule has 0 bridgehead atoms. The molecule has 7 heteroatoms. The van der Waals surface area contributed by atoms with Crippen molar-refractivity contribution in [2.45, 2.75) is 18.6 Å². The molecule has 122 valence electrons. The first-order valence-corrected chi connectivity index (χ1v) is 8.12. The summed E-state index contributed by atoms with van der Waals surface area (Å²) in [5, 5.41) is 6.37. The predicted molar refractivity (Wildman–Crippen MR) is 87.5 cm³/mol. The number of hydrogen-bond donors (Lipinski definition) is 0. The zero-order chi connectivity index (χ0) is 16.2. The fraction of sp³-hybridized carbons (Fsp3) is 0.500.